The lowest BCUT2D eigenvalue weighted by molar-refractivity contribution is -0.118. The van der Waals surface area contributed by atoms with E-state index in [-0.39, 0.29) is 29.4 Å². The number of halogens is 3. The monoisotopic (exact) mass is 469 g/mol. The van der Waals surface area contributed by atoms with Crippen molar-refractivity contribution >= 4 is 57.4 Å². The van der Waals surface area contributed by atoms with Crippen molar-refractivity contribution in [2.24, 2.45) is 0 Å². The van der Waals surface area contributed by atoms with Gasteiger partial charge >= 0.3 is 5.63 Å². The molecule has 1 aromatic heterocycles. The topological polar surface area (TPSA) is 88.8 Å². The van der Waals surface area contributed by atoms with Gasteiger partial charge in [-0.25, -0.2) is 4.79 Å². The smallest absolute Gasteiger partial charge is 0.339 e. The van der Waals surface area contributed by atoms with Crippen molar-refractivity contribution in [3.63, 3.8) is 0 Å². The molecule has 0 fully saturated rings. The number of anilines is 1. The highest BCUT2D eigenvalue weighted by Gasteiger charge is 2.16. The highest BCUT2D eigenvalue weighted by molar-refractivity contribution is 6.42. The standard InChI is InChI=1S/C21H18Cl3NO5/c1-10(26)5-14-11(2)13-7-17(24)19(8-18(13)30-21(14)28)29-9-20(27)25-12-3-4-15(22)16(23)6-12/h3-4,6-8,10,26H,5,9H2,1-2H3,(H,25,27)/t10-/m0/s1. The fraction of sp³-hybridized carbons (Fsp3) is 0.238. The number of aryl methyl sites for hydroxylation is 1. The van der Waals surface area contributed by atoms with E-state index in [1.54, 1.807) is 32.0 Å². The predicted molar refractivity (Wildman–Crippen MR) is 118 cm³/mol. The molecule has 1 atom stereocenters. The summed E-state index contributed by atoms with van der Waals surface area (Å²) in [7, 11) is 0. The summed E-state index contributed by atoms with van der Waals surface area (Å²) in [6, 6.07) is 7.76. The zero-order valence-electron chi connectivity index (χ0n) is 16.1. The summed E-state index contributed by atoms with van der Waals surface area (Å²) >= 11 is 18.1. The van der Waals surface area contributed by atoms with Gasteiger partial charge in [-0.1, -0.05) is 34.8 Å². The first-order valence-electron chi connectivity index (χ1n) is 8.97. The molecule has 0 bridgehead atoms. The minimum atomic E-state index is -0.684. The maximum absolute atomic E-state index is 12.3. The van der Waals surface area contributed by atoms with Gasteiger partial charge in [-0.2, -0.15) is 0 Å². The molecule has 2 N–H and O–H groups in total. The third kappa shape index (κ3) is 5.08. The number of ether oxygens (including phenoxy) is 1. The molecule has 0 saturated carbocycles. The highest BCUT2D eigenvalue weighted by Crippen LogP contribution is 2.32. The van der Waals surface area contributed by atoms with Crippen LogP contribution >= 0.6 is 34.8 Å². The summed E-state index contributed by atoms with van der Waals surface area (Å²) in [6.45, 7) is 3.03. The van der Waals surface area contributed by atoms with Crippen LogP contribution in [0.5, 0.6) is 5.75 Å². The molecule has 0 spiro atoms. The second kappa shape index (κ2) is 9.27. The zero-order chi connectivity index (χ0) is 22.0. The number of carbonyl (C=O) groups is 1. The Morgan fingerprint density at radius 2 is 1.90 bits per heavy atom. The summed E-state index contributed by atoms with van der Waals surface area (Å²) in [6.07, 6.45) is -0.509. The van der Waals surface area contributed by atoms with Crippen LogP contribution in [0.15, 0.2) is 39.5 Å². The van der Waals surface area contributed by atoms with Gasteiger partial charge in [0.2, 0.25) is 0 Å². The number of hydrogen-bond donors (Lipinski definition) is 2. The zero-order valence-corrected chi connectivity index (χ0v) is 18.4. The van der Waals surface area contributed by atoms with Crippen molar-refractivity contribution in [3.05, 3.63) is 66.9 Å². The molecule has 2 aromatic carbocycles. The summed E-state index contributed by atoms with van der Waals surface area (Å²) in [5.74, 6) is -0.242. The Labute approximate surface area is 187 Å². The van der Waals surface area contributed by atoms with Gasteiger partial charge in [0.05, 0.1) is 21.2 Å². The van der Waals surface area contributed by atoms with Gasteiger partial charge in [-0.15, -0.1) is 0 Å². The third-order valence-corrected chi connectivity index (χ3v) is 5.44. The molecular weight excluding hydrogens is 453 g/mol. The Bertz CT molecular complexity index is 1170. The highest BCUT2D eigenvalue weighted by atomic mass is 35.5. The van der Waals surface area contributed by atoms with Gasteiger partial charge in [0.15, 0.2) is 6.61 Å². The molecule has 0 aliphatic carbocycles. The third-order valence-electron chi connectivity index (χ3n) is 4.40. The van der Waals surface area contributed by atoms with Crippen molar-refractivity contribution < 1.29 is 19.1 Å². The normalized spacial score (nSPS) is 12.1. The van der Waals surface area contributed by atoms with Crippen LogP contribution in [-0.4, -0.2) is 23.7 Å². The van der Waals surface area contributed by atoms with Crippen LogP contribution < -0.4 is 15.7 Å². The van der Waals surface area contributed by atoms with E-state index < -0.39 is 17.6 Å². The molecule has 0 aliphatic rings. The van der Waals surface area contributed by atoms with Crippen LogP contribution in [0.4, 0.5) is 5.69 Å². The average Bonchev–Trinajstić information content (AvgIpc) is 2.67. The average molecular weight is 471 g/mol. The van der Waals surface area contributed by atoms with E-state index in [1.165, 1.54) is 12.1 Å². The van der Waals surface area contributed by atoms with E-state index in [9.17, 15) is 14.7 Å². The van der Waals surface area contributed by atoms with Crippen molar-refractivity contribution in [3.8, 4) is 5.75 Å². The lowest BCUT2D eigenvalue weighted by Gasteiger charge is -2.12. The molecule has 30 heavy (non-hydrogen) atoms. The van der Waals surface area contributed by atoms with Crippen molar-refractivity contribution in [2.75, 3.05) is 11.9 Å². The van der Waals surface area contributed by atoms with E-state index in [1.807, 2.05) is 0 Å². The van der Waals surface area contributed by atoms with Gasteiger partial charge < -0.3 is 19.6 Å². The lowest BCUT2D eigenvalue weighted by Crippen LogP contribution is -2.20. The van der Waals surface area contributed by atoms with E-state index in [4.69, 9.17) is 44.0 Å². The van der Waals surface area contributed by atoms with Gasteiger partial charge in [0.25, 0.3) is 5.91 Å². The largest absolute Gasteiger partial charge is 0.482 e. The number of benzene rings is 2. The molecule has 158 valence electrons. The minimum Gasteiger partial charge on any atom is -0.482 e. The van der Waals surface area contributed by atoms with Crippen LogP contribution in [0.1, 0.15) is 18.1 Å². The molecule has 3 aromatic rings. The van der Waals surface area contributed by atoms with Gasteiger partial charge in [-0.05, 0) is 43.7 Å². The number of aliphatic hydroxyl groups is 1. The number of carbonyl (C=O) groups excluding carboxylic acids is 1. The first-order chi connectivity index (χ1) is 14.2. The van der Waals surface area contributed by atoms with Crippen LogP contribution in [0.3, 0.4) is 0 Å². The quantitative estimate of drug-likeness (QED) is 0.495. The fourth-order valence-electron chi connectivity index (χ4n) is 2.95. The molecule has 0 aliphatic heterocycles. The Morgan fingerprint density at radius 3 is 2.57 bits per heavy atom. The predicted octanol–water partition coefficient (Wildman–Crippen LogP) is 5.00. The fourth-order valence-corrected chi connectivity index (χ4v) is 3.46. The second-order valence-electron chi connectivity index (χ2n) is 6.79. The van der Waals surface area contributed by atoms with E-state index in [2.05, 4.69) is 5.32 Å². The molecule has 3 rings (SSSR count). The molecule has 9 heteroatoms. The number of rotatable bonds is 6. The van der Waals surface area contributed by atoms with Crippen molar-refractivity contribution in [2.45, 2.75) is 26.4 Å². The first-order valence-corrected chi connectivity index (χ1v) is 10.1. The SMILES string of the molecule is Cc1c(C[C@H](C)O)c(=O)oc2cc(OCC(=O)Nc3ccc(Cl)c(Cl)c3)c(Cl)cc12. The van der Waals surface area contributed by atoms with Crippen LogP contribution in [-0.2, 0) is 11.2 Å². The lowest BCUT2D eigenvalue weighted by atomic mass is 10.0. The van der Waals surface area contributed by atoms with Crippen LogP contribution in [0.2, 0.25) is 15.1 Å². The Kier molecular flexibility index (Phi) is 6.93. The molecule has 0 saturated heterocycles. The van der Waals surface area contributed by atoms with Crippen LogP contribution in [0.25, 0.3) is 11.0 Å². The minimum absolute atomic E-state index is 0.175. The number of fused-ring (bicyclic) bond motifs is 1. The molecular formula is C21H18Cl3NO5. The molecule has 6 nitrogen and oxygen atoms in total. The first kappa shape index (κ1) is 22.4. The summed E-state index contributed by atoms with van der Waals surface area (Å²) in [5.41, 5.74) is 1.27. The van der Waals surface area contributed by atoms with Gasteiger partial charge in [0, 0.05) is 29.1 Å². The maximum Gasteiger partial charge on any atom is 0.339 e. The molecule has 1 heterocycles. The molecule has 1 amide bonds. The van der Waals surface area contributed by atoms with Gasteiger partial charge in [0.1, 0.15) is 11.3 Å². The molecule has 0 radical (unpaired) electrons. The Hall–Kier alpha value is -2.25. The van der Waals surface area contributed by atoms with Gasteiger partial charge in [-0.3, -0.25) is 4.79 Å². The number of nitrogens with one attached hydrogen (secondary N) is 1. The number of amides is 1. The number of aliphatic hydroxyl groups excluding tert-OH is 1. The molecule has 0 unspecified atom stereocenters. The Morgan fingerprint density at radius 1 is 1.17 bits per heavy atom. The van der Waals surface area contributed by atoms with E-state index in [0.29, 0.717) is 32.2 Å². The maximum atomic E-state index is 12.3. The summed E-state index contributed by atoms with van der Waals surface area (Å²) in [5, 5.41) is 13.8. The van der Waals surface area contributed by atoms with E-state index >= 15 is 0 Å². The summed E-state index contributed by atoms with van der Waals surface area (Å²) in [4.78, 5) is 24.4. The van der Waals surface area contributed by atoms with Crippen LogP contribution in [0, 0.1) is 6.92 Å². The second-order valence-corrected chi connectivity index (χ2v) is 8.01. The van der Waals surface area contributed by atoms with Crippen molar-refractivity contribution in [1.82, 2.24) is 0 Å². The Balaban J connectivity index is 1.79. The number of hydrogen-bond acceptors (Lipinski definition) is 5. The summed E-state index contributed by atoms with van der Waals surface area (Å²) < 4.78 is 10.9. The van der Waals surface area contributed by atoms with E-state index in [0.717, 1.165) is 0 Å². The van der Waals surface area contributed by atoms with Crippen molar-refractivity contribution in [1.29, 1.82) is 0 Å².